The van der Waals surface area contributed by atoms with E-state index in [-0.39, 0.29) is 5.97 Å². The molecule has 0 radical (unpaired) electrons. The van der Waals surface area contributed by atoms with Crippen LogP contribution in [0.1, 0.15) is 66.2 Å². The van der Waals surface area contributed by atoms with Crippen LogP contribution in [0.4, 0.5) is 0 Å². The van der Waals surface area contributed by atoms with Gasteiger partial charge < -0.3 is 4.74 Å². The van der Waals surface area contributed by atoms with E-state index in [1.807, 2.05) is 25.6 Å². The topological polar surface area (TPSA) is 38.3 Å². The Morgan fingerprint density at radius 2 is 2.10 bits per heavy atom. The van der Waals surface area contributed by atoms with E-state index >= 15 is 0 Å². The lowest BCUT2D eigenvalue weighted by atomic mass is 9.94. The molecular weight excluding hydrogens is 282 g/mol. The van der Waals surface area contributed by atoms with Crippen LogP contribution in [0.25, 0.3) is 0 Å². The fourth-order valence-electron chi connectivity index (χ4n) is 2.29. The van der Waals surface area contributed by atoms with Gasteiger partial charge in [-0.15, -0.1) is 0 Å². The Labute approximate surface area is 135 Å². The third kappa shape index (κ3) is 7.55. The average molecular weight is 316 g/mol. The lowest BCUT2D eigenvalue weighted by molar-refractivity contribution is -0.151. The number of hydrogen-bond acceptors (Lipinski definition) is 4. The van der Waals surface area contributed by atoms with Crippen molar-refractivity contribution in [2.45, 2.75) is 77.8 Å². The van der Waals surface area contributed by atoms with E-state index in [0.717, 1.165) is 18.8 Å². The quantitative estimate of drug-likeness (QED) is 0.436. The second kappa shape index (κ2) is 9.73. The maximum Gasteiger partial charge on any atom is 0.326 e. The van der Waals surface area contributed by atoms with Gasteiger partial charge in [0.05, 0.1) is 6.61 Å². The van der Waals surface area contributed by atoms with E-state index in [1.165, 1.54) is 37.2 Å². The van der Waals surface area contributed by atoms with Crippen molar-refractivity contribution in [3.8, 4) is 0 Å². The molecule has 0 bridgehead atoms. The summed E-state index contributed by atoms with van der Waals surface area (Å²) in [6, 6.07) is 0.527. The molecule has 0 aromatic carbocycles. The van der Waals surface area contributed by atoms with Crippen LogP contribution in [0.15, 0.2) is 0 Å². The minimum atomic E-state index is -0.488. The van der Waals surface area contributed by atoms with Crippen LogP contribution in [0, 0.1) is 5.92 Å². The van der Waals surface area contributed by atoms with Gasteiger partial charge in [0.1, 0.15) is 5.54 Å². The fraction of sp³-hybridized carbons (Fsp3) is 0.941. The Morgan fingerprint density at radius 1 is 1.38 bits per heavy atom. The zero-order chi connectivity index (χ0) is 15.7. The lowest BCUT2D eigenvalue weighted by Gasteiger charge is -2.28. The first-order valence-corrected chi connectivity index (χ1v) is 9.70. The van der Waals surface area contributed by atoms with Gasteiger partial charge in [-0.3, -0.25) is 10.1 Å². The Bertz CT molecular complexity index is 307. The fourth-order valence-corrected chi connectivity index (χ4v) is 3.50. The maximum absolute atomic E-state index is 12.2. The summed E-state index contributed by atoms with van der Waals surface area (Å²) in [6.07, 6.45) is 6.80. The molecule has 2 atom stereocenters. The number of nitrogens with one attached hydrogen (secondary N) is 1. The highest BCUT2D eigenvalue weighted by atomic mass is 32.2. The summed E-state index contributed by atoms with van der Waals surface area (Å²) >= 11 is 2.04. The van der Waals surface area contributed by atoms with Crippen LogP contribution in [0.5, 0.6) is 0 Å². The van der Waals surface area contributed by atoms with Crippen LogP contribution >= 0.6 is 11.8 Å². The SMILES string of the molecule is CCOC(=O)C(C)(CCCCSCC(C)CC)NC1CC1. The van der Waals surface area contributed by atoms with Crippen LogP contribution in [0.3, 0.4) is 0 Å². The smallest absolute Gasteiger partial charge is 0.326 e. The van der Waals surface area contributed by atoms with E-state index in [2.05, 4.69) is 19.2 Å². The molecule has 0 spiro atoms. The number of unbranched alkanes of at least 4 members (excludes halogenated alkanes) is 1. The second-order valence-corrected chi connectivity index (χ2v) is 7.67. The van der Waals surface area contributed by atoms with E-state index in [4.69, 9.17) is 4.74 Å². The van der Waals surface area contributed by atoms with Crippen molar-refractivity contribution in [3.05, 3.63) is 0 Å². The predicted molar refractivity (Wildman–Crippen MR) is 91.8 cm³/mol. The summed E-state index contributed by atoms with van der Waals surface area (Å²) in [4.78, 5) is 12.2. The summed E-state index contributed by atoms with van der Waals surface area (Å²) in [6.45, 7) is 8.91. The number of carbonyl (C=O) groups is 1. The molecule has 0 aromatic heterocycles. The molecule has 4 heteroatoms. The first-order chi connectivity index (χ1) is 10.0. The molecule has 2 unspecified atom stereocenters. The molecule has 1 aliphatic rings. The molecule has 1 aliphatic carbocycles. The first kappa shape index (κ1) is 18.8. The number of ether oxygens (including phenoxy) is 1. The molecule has 1 saturated carbocycles. The first-order valence-electron chi connectivity index (χ1n) is 8.54. The summed E-state index contributed by atoms with van der Waals surface area (Å²) in [5.41, 5.74) is -0.488. The van der Waals surface area contributed by atoms with Gasteiger partial charge in [-0.25, -0.2) is 0 Å². The normalized spacial score (nSPS) is 19.0. The van der Waals surface area contributed by atoms with Crippen molar-refractivity contribution in [1.29, 1.82) is 0 Å². The third-order valence-electron chi connectivity index (χ3n) is 4.14. The van der Waals surface area contributed by atoms with Crippen LogP contribution in [-0.2, 0) is 9.53 Å². The molecule has 1 rings (SSSR count). The number of hydrogen-bond donors (Lipinski definition) is 1. The van der Waals surface area contributed by atoms with Crippen molar-refractivity contribution in [2.24, 2.45) is 5.92 Å². The van der Waals surface area contributed by atoms with Crippen LogP contribution in [-0.4, -0.2) is 35.7 Å². The summed E-state index contributed by atoms with van der Waals surface area (Å²) in [5.74, 6) is 3.19. The molecule has 3 nitrogen and oxygen atoms in total. The molecule has 21 heavy (non-hydrogen) atoms. The number of rotatable bonds is 12. The predicted octanol–water partition coefficient (Wildman–Crippen LogP) is 4.01. The zero-order valence-electron chi connectivity index (χ0n) is 14.2. The van der Waals surface area contributed by atoms with Gasteiger partial charge in [0.25, 0.3) is 0 Å². The van der Waals surface area contributed by atoms with E-state index in [1.54, 1.807) is 0 Å². The maximum atomic E-state index is 12.2. The minimum Gasteiger partial charge on any atom is -0.465 e. The molecule has 0 aliphatic heterocycles. The van der Waals surface area contributed by atoms with Crippen LogP contribution < -0.4 is 5.32 Å². The number of thioether (sulfide) groups is 1. The lowest BCUT2D eigenvalue weighted by Crippen LogP contribution is -2.51. The van der Waals surface area contributed by atoms with E-state index in [9.17, 15) is 4.79 Å². The van der Waals surface area contributed by atoms with E-state index < -0.39 is 5.54 Å². The Hall–Kier alpha value is -0.220. The highest BCUT2D eigenvalue weighted by molar-refractivity contribution is 7.99. The molecular formula is C17H33NO2S. The van der Waals surface area contributed by atoms with E-state index in [0.29, 0.717) is 12.6 Å². The molecule has 0 heterocycles. The molecule has 1 fully saturated rings. The average Bonchev–Trinajstić information content (AvgIpc) is 3.26. The largest absolute Gasteiger partial charge is 0.465 e. The monoisotopic (exact) mass is 315 g/mol. The minimum absolute atomic E-state index is 0.0795. The molecule has 124 valence electrons. The summed E-state index contributed by atoms with van der Waals surface area (Å²) in [5, 5.41) is 3.49. The van der Waals surface area contributed by atoms with Gasteiger partial charge in [0, 0.05) is 6.04 Å². The standard InChI is InChI=1S/C17H33NO2S/c1-5-14(3)13-21-12-8-7-11-17(4,16(19)20-6-2)18-15-9-10-15/h14-15,18H,5-13H2,1-4H3. The molecule has 0 saturated heterocycles. The van der Waals surface area contributed by atoms with Gasteiger partial charge in [-0.05, 0) is 57.0 Å². The van der Waals surface area contributed by atoms with Gasteiger partial charge in [0.15, 0.2) is 0 Å². The van der Waals surface area contributed by atoms with Crippen molar-refractivity contribution in [1.82, 2.24) is 5.32 Å². The van der Waals surface area contributed by atoms with Gasteiger partial charge in [-0.2, -0.15) is 11.8 Å². The Morgan fingerprint density at radius 3 is 2.67 bits per heavy atom. The van der Waals surface area contributed by atoms with Crippen molar-refractivity contribution >= 4 is 17.7 Å². The van der Waals surface area contributed by atoms with Gasteiger partial charge in [0.2, 0.25) is 0 Å². The van der Waals surface area contributed by atoms with Gasteiger partial charge >= 0.3 is 5.97 Å². The van der Waals surface area contributed by atoms with Crippen molar-refractivity contribution in [2.75, 3.05) is 18.1 Å². The second-order valence-electron chi connectivity index (χ2n) is 6.52. The number of esters is 1. The molecule has 1 N–H and O–H groups in total. The highest BCUT2D eigenvalue weighted by Gasteiger charge is 2.38. The zero-order valence-corrected chi connectivity index (χ0v) is 15.1. The van der Waals surface area contributed by atoms with Crippen LogP contribution in [0.2, 0.25) is 0 Å². The summed E-state index contributed by atoms with van der Waals surface area (Å²) < 4.78 is 5.25. The highest BCUT2D eigenvalue weighted by Crippen LogP contribution is 2.26. The van der Waals surface area contributed by atoms with Crippen molar-refractivity contribution < 1.29 is 9.53 Å². The summed E-state index contributed by atoms with van der Waals surface area (Å²) in [7, 11) is 0. The third-order valence-corrected chi connectivity index (χ3v) is 5.52. The Balaban J connectivity index is 2.24. The molecule has 0 aromatic rings. The van der Waals surface area contributed by atoms with Crippen molar-refractivity contribution in [3.63, 3.8) is 0 Å². The molecule has 0 amide bonds. The number of carbonyl (C=O) groups excluding carboxylic acids is 1. The van der Waals surface area contributed by atoms with Gasteiger partial charge in [-0.1, -0.05) is 26.7 Å². The Kier molecular flexibility index (Phi) is 8.72.